The topological polar surface area (TPSA) is 105 Å². The molecule has 0 saturated carbocycles. The predicted molar refractivity (Wildman–Crippen MR) is 24.2 cm³/mol. The van der Waals surface area contributed by atoms with E-state index in [2.05, 4.69) is 11.6 Å². The Bertz CT molecular complexity index is 97.9. The molecule has 0 aromatic carbocycles. The van der Waals surface area contributed by atoms with Crippen molar-refractivity contribution in [3.63, 3.8) is 0 Å². The normalized spacial score (nSPS) is 7.57. The standard InChI is InChI=1S/C2H6N4O/c3-1(4)2(7)6-5/h5H2,(H3,3,4)(H,6,7). The number of rotatable bonds is 0. The van der Waals surface area contributed by atoms with E-state index in [9.17, 15) is 4.79 Å². The fourth-order valence-corrected chi connectivity index (χ4v) is 0.0778. The minimum Gasteiger partial charge on any atom is -0.380 e. The summed E-state index contributed by atoms with van der Waals surface area (Å²) in [4.78, 5) is 9.93. The zero-order valence-electron chi connectivity index (χ0n) is 3.56. The van der Waals surface area contributed by atoms with E-state index in [1.807, 2.05) is 0 Å². The molecular formula is C2H6N4O. The summed E-state index contributed by atoms with van der Waals surface area (Å²) in [5, 5.41) is 6.39. The lowest BCUT2D eigenvalue weighted by atomic mass is 10.6. The van der Waals surface area contributed by atoms with E-state index in [1.165, 1.54) is 0 Å². The SMILES string of the molecule is N=C(N)C(=O)NN. The average Bonchev–Trinajstić information content (AvgIpc) is 1.65. The van der Waals surface area contributed by atoms with Gasteiger partial charge in [0.05, 0.1) is 0 Å². The van der Waals surface area contributed by atoms with Crippen LogP contribution in [0.25, 0.3) is 0 Å². The molecule has 0 unspecified atom stereocenters. The summed E-state index contributed by atoms with van der Waals surface area (Å²) in [6.45, 7) is 0. The highest BCUT2D eigenvalue weighted by atomic mass is 16.2. The van der Waals surface area contributed by atoms with Gasteiger partial charge in [0.15, 0.2) is 5.84 Å². The van der Waals surface area contributed by atoms with Crippen LogP contribution in [-0.2, 0) is 4.79 Å². The molecule has 40 valence electrons. The summed E-state index contributed by atoms with van der Waals surface area (Å²) >= 11 is 0. The number of hydrogen-bond acceptors (Lipinski definition) is 3. The first-order valence-electron chi connectivity index (χ1n) is 1.53. The number of nitrogens with two attached hydrogens (primary N) is 2. The third-order valence-corrected chi connectivity index (χ3v) is 0.376. The highest BCUT2D eigenvalue weighted by Gasteiger charge is 1.97. The van der Waals surface area contributed by atoms with Crippen LogP contribution in [0.4, 0.5) is 0 Å². The third kappa shape index (κ3) is 1.72. The molecule has 7 heavy (non-hydrogen) atoms. The van der Waals surface area contributed by atoms with E-state index < -0.39 is 11.7 Å². The summed E-state index contributed by atoms with van der Waals surface area (Å²) in [6.07, 6.45) is 0. The molecule has 5 nitrogen and oxygen atoms in total. The van der Waals surface area contributed by atoms with Crippen molar-refractivity contribution in [2.24, 2.45) is 11.6 Å². The number of amidine groups is 1. The highest BCUT2D eigenvalue weighted by molar-refractivity contribution is 6.35. The maximum atomic E-state index is 9.93. The molecule has 1 amide bonds. The number of carbonyl (C=O) groups excluding carboxylic acids is 1. The van der Waals surface area contributed by atoms with Crippen molar-refractivity contribution in [1.82, 2.24) is 5.43 Å². The maximum Gasteiger partial charge on any atom is 0.299 e. The fourth-order valence-electron chi connectivity index (χ4n) is 0.0778. The van der Waals surface area contributed by atoms with E-state index in [1.54, 1.807) is 5.43 Å². The Morgan fingerprint density at radius 3 is 2.14 bits per heavy atom. The lowest BCUT2D eigenvalue weighted by Crippen LogP contribution is -2.39. The number of hydrogen-bond donors (Lipinski definition) is 4. The monoisotopic (exact) mass is 102 g/mol. The van der Waals surface area contributed by atoms with Gasteiger partial charge in [-0.05, 0) is 0 Å². The van der Waals surface area contributed by atoms with Gasteiger partial charge in [0.2, 0.25) is 0 Å². The van der Waals surface area contributed by atoms with Crippen LogP contribution in [0.3, 0.4) is 0 Å². The predicted octanol–water partition coefficient (Wildman–Crippen LogP) is -2.09. The first kappa shape index (κ1) is 5.90. The van der Waals surface area contributed by atoms with Crippen molar-refractivity contribution in [2.75, 3.05) is 0 Å². The first-order chi connectivity index (χ1) is 3.18. The number of nitrogens with one attached hydrogen (secondary N) is 2. The van der Waals surface area contributed by atoms with Gasteiger partial charge in [-0.1, -0.05) is 0 Å². The summed E-state index contributed by atoms with van der Waals surface area (Å²) in [5.74, 6) is 3.21. The summed E-state index contributed by atoms with van der Waals surface area (Å²) in [7, 11) is 0. The quantitative estimate of drug-likeness (QED) is 0.0926. The molecule has 0 aliphatic heterocycles. The number of hydrazine groups is 1. The minimum absolute atomic E-state index is 0.581. The van der Waals surface area contributed by atoms with E-state index in [4.69, 9.17) is 5.41 Å². The molecule has 6 N–H and O–H groups in total. The summed E-state index contributed by atoms with van der Waals surface area (Å²) in [6, 6.07) is 0. The van der Waals surface area contributed by atoms with Crippen LogP contribution >= 0.6 is 0 Å². The lowest BCUT2D eigenvalue weighted by molar-refractivity contribution is -0.115. The minimum atomic E-state index is -0.764. The highest BCUT2D eigenvalue weighted by Crippen LogP contribution is 1.52. The Balaban J connectivity index is 3.58. The van der Waals surface area contributed by atoms with Gasteiger partial charge in [0, 0.05) is 0 Å². The van der Waals surface area contributed by atoms with Gasteiger partial charge < -0.3 is 5.73 Å². The molecule has 0 atom stereocenters. The Kier molecular flexibility index (Phi) is 1.80. The Morgan fingerprint density at radius 1 is 1.71 bits per heavy atom. The Morgan fingerprint density at radius 2 is 2.14 bits per heavy atom. The molecule has 0 aromatic rings. The maximum absolute atomic E-state index is 9.93. The van der Waals surface area contributed by atoms with Crippen LogP contribution in [0.1, 0.15) is 0 Å². The van der Waals surface area contributed by atoms with Crippen molar-refractivity contribution in [2.45, 2.75) is 0 Å². The van der Waals surface area contributed by atoms with Crippen molar-refractivity contribution >= 4 is 11.7 Å². The Labute approximate surface area is 40.2 Å². The first-order valence-corrected chi connectivity index (χ1v) is 1.53. The second-order valence-corrected chi connectivity index (χ2v) is 0.887. The molecular weight excluding hydrogens is 96.0 g/mol. The molecule has 0 radical (unpaired) electrons. The van der Waals surface area contributed by atoms with E-state index in [0.717, 1.165) is 0 Å². The zero-order chi connectivity index (χ0) is 5.86. The van der Waals surface area contributed by atoms with Gasteiger partial charge in [0.25, 0.3) is 5.91 Å². The lowest BCUT2D eigenvalue weighted by Gasteiger charge is -1.90. The molecule has 0 rings (SSSR count). The van der Waals surface area contributed by atoms with Crippen molar-refractivity contribution < 1.29 is 4.79 Å². The smallest absolute Gasteiger partial charge is 0.299 e. The van der Waals surface area contributed by atoms with Crippen molar-refractivity contribution in [3.8, 4) is 0 Å². The molecule has 0 spiro atoms. The van der Waals surface area contributed by atoms with E-state index in [0.29, 0.717) is 0 Å². The van der Waals surface area contributed by atoms with Gasteiger partial charge >= 0.3 is 0 Å². The van der Waals surface area contributed by atoms with Gasteiger partial charge in [-0.25, -0.2) is 5.84 Å². The molecule has 0 heterocycles. The Hall–Kier alpha value is -1.10. The van der Waals surface area contributed by atoms with E-state index in [-0.39, 0.29) is 0 Å². The summed E-state index contributed by atoms with van der Waals surface area (Å²) < 4.78 is 0. The molecule has 0 fully saturated rings. The molecule has 0 aromatic heterocycles. The van der Waals surface area contributed by atoms with Gasteiger partial charge in [-0.15, -0.1) is 0 Å². The van der Waals surface area contributed by atoms with Crippen LogP contribution in [-0.4, -0.2) is 11.7 Å². The van der Waals surface area contributed by atoms with Gasteiger partial charge in [0.1, 0.15) is 0 Å². The molecule has 5 heteroatoms. The second kappa shape index (κ2) is 2.14. The van der Waals surface area contributed by atoms with Crippen molar-refractivity contribution in [3.05, 3.63) is 0 Å². The van der Waals surface area contributed by atoms with Crippen LogP contribution in [0.2, 0.25) is 0 Å². The van der Waals surface area contributed by atoms with Crippen LogP contribution < -0.4 is 17.0 Å². The summed E-state index contributed by atoms with van der Waals surface area (Å²) in [5.41, 5.74) is 6.31. The number of carbonyl (C=O) groups is 1. The van der Waals surface area contributed by atoms with Crippen LogP contribution in [0.15, 0.2) is 0 Å². The largest absolute Gasteiger partial charge is 0.380 e. The fraction of sp³-hybridized carbons (Fsp3) is 0. The average molecular weight is 102 g/mol. The molecule has 0 aliphatic carbocycles. The van der Waals surface area contributed by atoms with Gasteiger partial charge in [-0.2, -0.15) is 0 Å². The molecule has 0 bridgehead atoms. The van der Waals surface area contributed by atoms with E-state index >= 15 is 0 Å². The van der Waals surface area contributed by atoms with Crippen LogP contribution in [0, 0.1) is 5.41 Å². The molecule has 0 saturated heterocycles. The second-order valence-electron chi connectivity index (χ2n) is 0.887. The van der Waals surface area contributed by atoms with Gasteiger partial charge in [-0.3, -0.25) is 15.6 Å². The third-order valence-electron chi connectivity index (χ3n) is 0.376. The van der Waals surface area contributed by atoms with Crippen molar-refractivity contribution in [1.29, 1.82) is 5.41 Å². The molecule has 0 aliphatic rings. The zero-order valence-corrected chi connectivity index (χ0v) is 3.56. The number of amides is 1. The van der Waals surface area contributed by atoms with Crippen LogP contribution in [0.5, 0.6) is 0 Å².